The van der Waals surface area contributed by atoms with Gasteiger partial charge in [0, 0.05) is 39.3 Å². The van der Waals surface area contributed by atoms with Gasteiger partial charge in [0.15, 0.2) is 0 Å². The third kappa shape index (κ3) is 9.31. The molecule has 0 unspecified atom stereocenters. The minimum Gasteiger partial charge on any atom is -0.497 e. The van der Waals surface area contributed by atoms with Gasteiger partial charge in [0.2, 0.25) is 0 Å². The van der Waals surface area contributed by atoms with Gasteiger partial charge < -0.3 is 4.74 Å². The van der Waals surface area contributed by atoms with Gasteiger partial charge in [-0.05, 0) is 45.5 Å². The smallest absolute Gasteiger partial charge is 0.118 e. The van der Waals surface area contributed by atoms with Gasteiger partial charge >= 0.3 is 0 Å². The lowest BCUT2D eigenvalue weighted by Crippen LogP contribution is -2.31. The molecule has 0 heterocycles. The predicted molar refractivity (Wildman–Crippen MR) is 175 cm³/mol. The van der Waals surface area contributed by atoms with Gasteiger partial charge in [0.1, 0.15) is 5.75 Å². The zero-order valence-electron chi connectivity index (χ0n) is 24.5. The van der Waals surface area contributed by atoms with Crippen LogP contribution in [0.15, 0.2) is 151 Å². The highest BCUT2D eigenvalue weighted by Crippen LogP contribution is 2.20. The van der Waals surface area contributed by atoms with Crippen LogP contribution in [-0.4, -0.2) is 30.0 Å². The van der Waals surface area contributed by atoms with Crippen LogP contribution in [0.25, 0.3) is 6.08 Å². The van der Waals surface area contributed by atoms with E-state index in [9.17, 15) is 0 Å². The molecule has 5 aromatic rings. The Morgan fingerprint density at radius 2 is 0.810 bits per heavy atom. The van der Waals surface area contributed by atoms with Crippen molar-refractivity contribution in [1.82, 2.24) is 9.80 Å². The molecule has 0 fully saturated rings. The van der Waals surface area contributed by atoms with Gasteiger partial charge in [-0.25, -0.2) is 0 Å². The van der Waals surface area contributed by atoms with Gasteiger partial charge in [-0.2, -0.15) is 0 Å². The van der Waals surface area contributed by atoms with Crippen molar-refractivity contribution in [2.75, 3.05) is 20.2 Å². The summed E-state index contributed by atoms with van der Waals surface area (Å²) in [6.07, 6.45) is 2.37. The molecule has 0 spiro atoms. The summed E-state index contributed by atoms with van der Waals surface area (Å²) in [7, 11) is 1.71. The molecule has 0 saturated heterocycles. The molecule has 0 bridgehead atoms. The third-order valence-electron chi connectivity index (χ3n) is 7.34. The average molecular weight is 553 g/mol. The highest BCUT2D eigenvalue weighted by molar-refractivity contribution is 5.55. The van der Waals surface area contributed by atoms with Crippen LogP contribution in [0, 0.1) is 0 Å². The van der Waals surface area contributed by atoms with E-state index in [1.165, 1.54) is 33.4 Å². The zero-order chi connectivity index (χ0) is 28.8. The molecule has 3 heteroatoms. The summed E-state index contributed by atoms with van der Waals surface area (Å²) in [4.78, 5) is 5.12. The maximum absolute atomic E-state index is 5.43. The van der Waals surface area contributed by atoms with Crippen molar-refractivity contribution in [3.8, 4) is 5.75 Å². The van der Waals surface area contributed by atoms with Crippen molar-refractivity contribution < 1.29 is 4.74 Å². The number of methoxy groups -OCH3 is 1. The van der Waals surface area contributed by atoms with Crippen molar-refractivity contribution >= 4 is 6.08 Å². The molecule has 0 N–H and O–H groups in total. The van der Waals surface area contributed by atoms with E-state index in [1.807, 2.05) is 12.1 Å². The highest BCUT2D eigenvalue weighted by Gasteiger charge is 2.15. The first-order chi connectivity index (χ1) is 20.7. The summed E-state index contributed by atoms with van der Waals surface area (Å²) in [6, 6.07) is 51.6. The highest BCUT2D eigenvalue weighted by atomic mass is 16.5. The minimum absolute atomic E-state index is 0.857. The quantitative estimate of drug-likeness (QED) is 0.137. The van der Waals surface area contributed by atoms with Crippen molar-refractivity contribution in [2.24, 2.45) is 0 Å². The molecule has 0 aliphatic carbocycles. The predicted octanol–water partition coefficient (Wildman–Crippen LogP) is 8.48. The van der Waals surface area contributed by atoms with Crippen LogP contribution < -0.4 is 4.74 Å². The lowest BCUT2D eigenvalue weighted by atomic mass is 10.1. The second-order valence-corrected chi connectivity index (χ2v) is 10.8. The van der Waals surface area contributed by atoms with Crippen LogP contribution >= 0.6 is 0 Å². The van der Waals surface area contributed by atoms with Crippen LogP contribution in [-0.2, 0) is 26.2 Å². The molecule has 5 aromatic carbocycles. The van der Waals surface area contributed by atoms with Crippen LogP contribution in [0.1, 0.15) is 27.8 Å². The average Bonchev–Trinajstić information content (AvgIpc) is 3.03. The molecule has 0 amide bonds. The molecule has 0 saturated carbocycles. The van der Waals surface area contributed by atoms with Crippen molar-refractivity contribution in [2.45, 2.75) is 26.2 Å². The molecule has 0 aliphatic rings. The Bertz CT molecular complexity index is 1310. The summed E-state index contributed by atoms with van der Waals surface area (Å²) < 4.78 is 5.43. The maximum atomic E-state index is 5.43. The van der Waals surface area contributed by atoms with Crippen molar-refractivity contribution in [1.29, 1.82) is 0 Å². The van der Waals surface area contributed by atoms with E-state index < -0.39 is 0 Å². The first kappa shape index (κ1) is 29.1. The normalized spacial score (nSPS) is 11.0. The molecule has 3 nitrogen and oxygen atoms in total. The fourth-order valence-electron chi connectivity index (χ4n) is 5.35. The molecule has 212 valence electrons. The molecule has 0 aliphatic heterocycles. The fourth-order valence-corrected chi connectivity index (χ4v) is 5.35. The lowest BCUT2D eigenvalue weighted by Gasteiger charge is -2.29. The van der Waals surface area contributed by atoms with Crippen LogP contribution in [0.5, 0.6) is 5.75 Å². The Morgan fingerprint density at radius 3 is 1.12 bits per heavy atom. The summed E-state index contributed by atoms with van der Waals surface area (Å²) in [5.74, 6) is 0.873. The second kappa shape index (κ2) is 15.5. The fraction of sp³-hybridized carbons (Fsp3) is 0.179. The number of hydrogen-bond acceptors (Lipinski definition) is 3. The topological polar surface area (TPSA) is 15.7 Å². The Hall–Kier alpha value is -4.44. The summed E-state index contributed by atoms with van der Waals surface area (Å²) in [6.45, 7) is 5.24. The molecular weight excluding hydrogens is 512 g/mol. The van der Waals surface area contributed by atoms with E-state index in [-0.39, 0.29) is 0 Å². The van der Waals surface area contributed by atoms with Crippen LogP contribution in [0.2, 0.25) is 0 Å². The Kier molecular flexibility index (Phi) is 10.7. The summed E-state index contributed by atoms with van der Waals surface area (Å²) >= 11 is 0. The summed E-state index contributed by atoms with van der Waals surface area (Å²) in [5.41, 5.74) is 7.85. The van der Waals surface area contributed by atoms with E-state index >= 15 is 0 Å². The Balaban J connectivity index is 1.46. The zero-order valence-corrected chi connectivity index (χ0v) is 24.5. The van der Waals surface area contributed by atoms with E-state index in [1.54, 1.807) is 7.11 Å². The first-order valence-electron chi connectivity index (χ1n) is 14.7. The van der Waals surface area contributed by atoms with Gasteiger partial charge in [-0.1, -0.05) is 140 Å². The monoisotopic (exact) mass is 552 g/mol. The van der Waals surface area contributed by atoms with Crippen LogP contribution in [0.3, 0.4) is 0 Å². The lowest BCUT2D eigenvalue weighted by molar-refractivity contribution is 0.245. The van der Waals surface area contributed by atoms with Gasteiger partial charge in [0.05, 0.1) is 7.11 Å². The Labute approximate surface area is 251 Å². The van der Waals surface area contributed by atoms with E-state index in [0.717, 1.165) is 45.0 Å². The molecule has 0 atom stereocenters. The molecule has 0 aromatic heterocycles. The number of benzene rings is 5. The third-order valence-corrected chi connectivity index (χ3v) is 7.34. The number of ether oxygens (including phenoxy) is 1. The standard InChI is InChI=1S/C39H40N2O/c1-42-39-24-22-33(23-25-39)26-38(31-40(27-34-14-6-2-7-15-34)28-35-16-8-3-9-17-35)32-41(29-36-18-10-4-11-19-36)30-37-20-12-5-13-21-37/h2-26H,27-32H2,1H3. The Morgan fingerprint density at radius 1 is 0.476 bits per heavy atom. The number of nitrogens with zero attached hydrogens (tertiary/aromatic N) is 2. The van der Waals surface area contributed by atoms with Gasteiger partial charge in [0.25, 0.3) is 0 Å². The van der Waals surface area contributed by atoms with Gasteiger partial charge in [-0.3, -0.25) is 9.80 Å². The van der Waals surface area contributed by atoms with Crippen LogP contribution in [0.4, 0.5) is 0 Å². The molecular formula is C39H40N2O. The van der Waals surface area contributed by atoms with Gasteiger partial charge in [-0.15, -0.1) is 0 Å². The second-order valence-electron chi connectivity index (χ2n) is 10.8. The molecule has 0 radical (unpaired) electrons. The van der Waals surface area contributed by atoms with E-state index in [2.05, 4.69) is 149 Å². The number of rotatable bonds is 14. The first-order valence-corrected chi connectivity index (χ1v) is 14.7. The van der Waals surface area contributed by atoms with E-state index in [0.29, 0.717) is 0 Å². The largest absolute Gasteiger partial charge is 0.497 e. The molecule has 5 rings (SSSR count). The maximum Gasteiger partial charge on any atom is 0.118 e. The van der Waals surface area contributed by atoms with Crippen molar-refractivity contribution in [3.63, 3.8) is 0 Å². The minimum atomic E-state index is 0.857. The van der Waals surface area contributed by atoms with Crippen molar-refractivity contribution in [3.05, 3.63) is 179 Å². The number of hydrogen-bond donors (Lipinski definition) is 0. The SMILES string of the molecule is COc1ccc(C=C(CN(Cc2ccccc2)Cc2ccccc2)CN(Cc2ccccc2)Cc2ccccc2)cc1. The molecule has 42 heavy (non-hydrogen) atoms. The van der Waals surface area contributed by atoms with E-state index in [4.69, 9.17) is 4.74 Å². The summed E-state index contributed by atoms with van der Waals surface area (Å²) in [5, 5.41) is 0.